The number of ether oxygens (including phenoxy) is 1. The average molecular weight is 261 g/mol. The number of para-hydroxylation sites is 1. The Kier molecular flexibility index (Phi) is 3.77. The van der Waals surface area contributed by atoms with Crippen LogP contribution >= 0.6 is 11.3 Å². The minimum absolute atomic E-state index is 0.160. The number of aromatic nitrogens is 1. The molecule has 0 aliphatic heterocycles. The van der Waals surface area contributed by atoms with Crippen LogP contribution in [0.2, 0.25) is 0 Å². The summed E-state index contributed by atoms with van der Waals surface area (Å²) in [7, 11) is 1.65. The van der Waals surface area contributed by atoms with Crippen LogP contribution in [0.25, 0.3) is 10.6 Å². The standard InChI is InChI=1S/C14H15NO2S/c1-9(16)8-13-10(2)15-14(18-13)11-6-4-5-7-12(11)17-3/h4-7H,8H2,1-3H3. The van der Waals surface area contributed by atoms with Crippen LogP contribution in [0.4, 0.5) is 0 Å². The van der Waals surface area contributed by atoms with Crippen molar-refractivity contribution in [3.8, 4) is 16.3 Å². The zero-order valence-electron chi connectivity index (χ0n) is 10.7. The fraction of sp³-hybridized carbons (Fsp3) is 0.286. The summed E-state index contributed by atoms with van der Waals surface area (Å²) < 4.78 is 5.33. The molecule has 94 valence electrons. The Morgan fingerprint density at radius 3 is 2.78 bits per heavy atom. The molecule has 0 aliphatic rings. The number of hydrogen-bond acceptors (Lipinski definition) is 4. The third kappa shape index (κ3) is 2.59. The first-order chi connectivity index (χ1) is 8.61. The van der Waals surface area contributed by atoms with Gasteiger partial charge in [0.1, 0.15) is 16.5 Å². The second kappa shape index (κ2) is 5.31. The van der Waals surface area contributed by atoms with Gasteiger partial charge in [0.2, 0.25) is 0 Å². The highest BCUT2D eigenvalue weighted by molar-refractivity contribution is 7.15. The summed E-state index contributed by atoms with van der Waals surface area (Å²) in [6.07, 6.45) is 0.457. The molecule has 3 nitrogen and oxygen atoms in total. The zero-order chi connectivity index (χ0) is 13.1. The predicted octanol–water partition coefficient (Wildman–Crippen LogP) is 3.26. The molecule has 0 atom stereocenters. The van der Waals surface area contributed by atoms with Gasteiger partial charge in [-0.3, -0.25) is 4.79 Å². The van der Waals surface area contributed by atoms with E-state index in [2.05, 4.69) is 4.98 Å². The fourth-order valence-electron chi connectivity index (χ4n) is 1.75. The number of carbonyl (C=O) groups is 1. The lowest BCUT2D eigenvalue weighted by Crippen LogP contribution is -1.95. The SMILES string of the molecule is COc1ccccc1-c1nc(C)c(CC(C)=O)s1. The second-order valence-electron chi connectivity index (χ2n) is 4.11. The summed E-state index contributed by atoms with van der Waals surface area (Å²) in [5, 5.41) is 0.904. The first kappa shape index (κ1) is 12.8. The highest BCUT2D eigenvalue weighted by atomic mass is 32.1. The molecule has 0 spiro atoms. The number of aryl methyl sites for hydroxylation is 1. The van der Waals surface area contributed by atoms with Gasteiger partial charge in [-0.25, -0.2) is 4.98 Å². The molecular formula is C14H15NO2S. The van der Waals surface area contributed by atoms with Crippen LogP contribution in [-0.2, 0) is 11.2 Å². The second-order valence-corrected chi connectivity index (χ2v) is 5.19. The summed E-state index contributed by atoms with van der Waals surface area (Å²) in [5.41, 5.74) is 1.90. The topological polar surface area (TPSA) is 39.2 Å². The highest BCUT2D eigenvalue weighted by Crippen LogP contribution is 2.34. The molecule has 4 heteroatoms. The van der Waals surface area contributed by atoms with Crippen molar-refractivity contribution in [2.75, 3.05) is 7.11 Å². The first-order valence-corrected chi connectivity index (χ1v) is 6.52. The van der Waals surface area contributed by atoms with Crippen LogP contribution < -0.4 is 4.74 Å². The monoisotopic (exact) mass is 261 g/mol. The average Bonchev–Trinajstić information content (AvgIpc) is 2.70. The molecule has 0 aliphatic carbocycles. The molecule has 0 radical (unpaired) electrons. The van der Waals surface area contributed by atoms with E-state index < -0.39 is 0 Å². The quantitative estimate of drug-likeness (QED) is 0.848. The van der Waals surface area contributed by atoms with Gasteiger partial charge in [-0.15, -0.1) is 11.3 Å². The number of nitrogens with zero attached hydrogens (tertiary/aromatic N) is 1. The van der Waals surface area contributed by atoms with Gasteiger partial charge in [-0.1, -0.05) is 12.1 Å². The molecule has 2 aromatic rings. The van der Waals surface area contributed by atoms with Crippen LogP contribution in [0.1, 0.15) is 17.5 Å². The smallest absolute Gasteiger partial charge is 0.135 e. The van der Waals surface area contributed by atoms with Crippen molar-refractivity contribution in [1.29, 1.82) is 0 Å². The van der Waals surface area contributed by atoms with Crippen molar-refractivity contribution in [3.05, 3.63) is 34.8 Å². The third-order valence-corrected chi connectivity index (χ3v) is 3.83. The number of thiazole rings is 1. The van der Waals surface area contributed by atoms with Crippen LogP contribution in [0.5, 0.6) is 5.75 Å². The number of carbonyl (C=O) groups excluding carboxylic acids is 1. The summed E-state index contributed by atoms with van der Waals surface area (Å²) in [6.45, 7) is 3.54. The van der Waals surface area contributed by atoms with E-state index in [1.807, 2.05) is 31.2 Å². The number of benzene rings is 1. The van der Waals surface area contributed by atoms with Crippen molar-refractivity contribution in [2.24, 2.45) is 0 Å². The van der Waals surface area contributed by atoms with Crippen molar-refractivity contribution in [2.45, 2.75) is 20.3 Å². The Bertz CT molecular complexity index is 575. The molecule has 0 fully saturated rings. The summed E-state index contributed by atoms with van der Waals surface area (Å²) in [6, 6.07) is 7.78. The lowest BCUT2D eigenvalue weighted by atomic mass is 10.2. The maximum atomic E-state index is 11.2. The number of hydrogen-bond donors (Lipinski definition) is 0. The Morgan fingerprint density at radius 1 is 1.39 bits per heavy atom. The first-order valence-electron chi connectivity index (χ1n) is 5.71. The molecule has 0 bridgehead atoms. The summed E-state index contributed by atoms with van der Waals surface area (Å²) >= 11 is 1.56. The predicted molar refractivity (Wildman–Crippen MR) is 73.2 cm³/mol. The Balaban J connectivity index is 2.42. The normalized spacial score (nSPS) is 10.4. The minimum atomic E-state index is 0.160. The van der Waals surface area contributed by atoms with Crippen molar-refractivity contribution < 1.29 is 9.53 Å². The number of methoxy groups -OCH3 is 1. The summed E-state index contributed by atoms with van der Waals surface area (Å²) in [4.78, 5) is 16.7. The van der Waals surface area contributed by atoms with E-state index in [0.717, 1.165) is 26.9 Å². The molecule has 1 aromatic carbocycles. The van der Waals surface area contributed by atoms with E-state index in [0.29, 0.717) is 6.42 Å². The Labute approximate surface area is 110 Å². The number of ketones is 1. The third-order valence-electron chi connectivity index (χ3n) is 2.64. The van der Waals surface area contributed by atoms with Gasteiger partial charge in [0.25, 0.3) is 0 Å². The largest absolute Gasteiger partial charge is 0.496 e. The molecule has 18 heavy (non-hydrogen) atoms. The van der Waals surface area contributed by atoms with E-state index in [4.69, 9.17) is 4.74 Å². The van der Waals surface area contributed by atoms with Gasteiger partial charge in [0, 0.05) is 11.3 Å². The van der Waals surface area contributed by atoms with E-state index in [-0.39, 0.29) is 5.78 Å². The molecule has 0 saturated heterocycles. The molecule has 1 aromatic heterocycles. The molecule has 0 saturated carbocycles. The van der Waals surface area contributed by atoms with Gasteiger partial charge in [-0.05, 0) is 26.0 Å². The number of Topliss-reactive ketones (excluding diaryl/α,β-unsaturated/α-hetero) is 1. The molecule has 0 N–H and O–H groups in total. The molecule has 1 heterocycles. The van der Waals surface area contributed by atoms with Gasteiger partial charge < -0.3 is 4.74 Å². The van der Waals surface area contributed by atoms with E-state index >= 15 is 0 Å². The Hall–Kier alpha value is -1.68. The van der Waals surface area contributed by atoms with Crippen LogP contribution in [0, 0.1) is 6.92 Å². The van der Waals surface area contributed by atoms with E-state index in [9.17, 15) is 4.79 Å². The lowest BCUT2D eigenvalue weighted by Gasteiger charge is -2.04. The zero-order valence-corrected chi connectivity index (χ0v) is 11.5. The maximum absolute atomic E-state index is 11.2. The van der Waals surface area contributed by atoms with Crippen LogP contribution in [-0.4, -0.2) is 17.9 Å². The van der Waals surface area contributed by atoms with Gasteiger partial charge in [-0.2, -0.15) is 0 Å². The van der Waals surface area contributed by atoms with Crippen LogP contribution in [0.3, 0.4) is 0 Å². The molecule has 2 rings (SSSR count). The fourth-order valence-corrected chi connectivity index (χ4v) is 2.92. The highest BCUT2D eigenvalue weighted by Gasteiger charge is 2.13. The molecule has 0 unspecified atom stereocenters. The van der Waals surface area contributed by atoms with Crippen molar-refractivity contribution in [3.63, 3.8) is 0 Å². The number of rotatable bonds is 4. The van der Waals surface area contributed by atoms with E-state index in [1.165, 1.54) is 0 Å². The Morgan fingerprint density at radius 2 is 2.11 bits per heavy atom. The van der Waals surface area contributed by atoms with Crippen LogP contribution in [0.15, 0.2) is 24.3 Å². The molecule has 0 amide bonds. The van der Waals surface area contributed by atoms with E-state index in [1.54, 1.807) is 25.4 Å². The van der Waals surface area contributed by atoms with Gasteiger partial charge in [0.05, 0.1) is 18.4 Å². The van der Waals surface area contributed by atoms with Gasteiger partial charge in [0.15, 0.2) is 0 Å². The van der Waals surface area contributed by atoms with Crippen molar-refractivity contribution in [1.82, 2.24) is 4.98 Å². The van der Waals surface area contributed by atoms with Gasteiger partial charge >= 0.3 is 0 Å². The lowest BCUT2D eigenvalue weighted by molar-refractivity contribution is -0.116. The maximum Gasteiger partial charge on any atom is 0.135 e. The van der Waals surface area contributed by atoms with Crippen molar-refractivity contribution >= 4 is 17.1 Å². The summed E-state index contributed by atoms with van der Waals surface area (Å²) in [5.74, 6) is 0.967. The minimum Gasteiger partial charge on any atom is -0.496 e. The molecular weight excluding hydrogens is 246 g/mol.